The van der Waals surface area contributed by atoms with Crippen molar-refractivity contribution >= 4 is 34.2 Å². The zero-order chi connectivity index (χ0) is 21.5. The van der Waals surface area contributed by atoms with Gasteiger partial charge >= 0.3 is 6.18 Å². The largest absolute Gasteiger partial charge is 0.435 e. The first-order valence-electron chi connectivity index (χ1n) is 8.80. The number of nitrogens with one attached hydrogen (secondary N) is 1. The number of benzene rings is 2. The highest BCUT2D eigenvalue weighted by molar-refractivity contribution is 6.33. The van der Waals surface area contributed by atoms with E-state index in [0.717, 1.165) is 27.3 Å². The van der Waals surface area contributed by atoms with Crippen molar-refractivity contribution in [3.8, 4) is 11.1 Å². The van der Waals surface area contributed by atoms with Crippen LogP contribution in [0.1, 0.15) is 16.1 Å². The van der Waals surface area contributed by atoms with Crippen LogP contribution < -0.4 is 5.32 Å². The summed E-state index contributed by atoms with van der Waals surface area (Å²) < 4.78 is 39.3. The molecule has 1 amide bonds. The summed E-state index contributed by atoms with van der Waals surface area (Å²) in [6.45, 7) is 0. The fourth-order valence-corrected chi connectivity index (χ4v) is 3.26. The van der Waals surface area contributed by atoms with Crippen LogP contribution in [0.25, 0.3) is 22.0 Å². The van der Waals surface area contributed by atoms with E-state index in [1.54, 1.807) is 30.5 Å². The number of alkyl halides is 3. The highest BCUT2D eigenvalue weighted by atomic mass is 35.5. The molecule has 152 valence electrons. The standard InChI is InChI=1S/C21H14ClF3N4O/c1-29-19(10-18(28-29)21(23,24)25)27-20(30)13-7-6-12-8-14(11-26-17(12)9-13)15-4-2-3-5-16(15)22/h2-11H,1H3,(H,27,30). The number of carbonyl (C=O) groups excluding carboxylic acids is 1. The van der Waals surface area contributed by atoms with Crippen molar-refractivity contribution in [2.24, 2.45) is 7.05 Å². The Labute approximate surface area is 174 Å². The van der Waals surface area contributed by atoms with Crippen molar-refractivity contribution in [2.45, 2.75) is 6.18 Å². The summed E-state index contributed by atoms with van der Waals surface area (Å²) in [5, 5.41) is 7.22. The van der Waals surface area contributed by atoms with E-state index < -0.39 is 17.8 Å². The van der Waals surface area contributed by atoms with Crippen molar-refractivity contribution in [3.63, 3.8) is 0 Å². The van der Waals surface area contributed by atoms with Crippen LogP contribution >= 0.6 is 11.6 Å². The lowest BCUT2D eigenvalue weighted by Crippen LogP contribution is -2.14. The van der Waals surface area contributed by atoms with Gasteiger partial charge in [0, 0.05) is 46.4 Å². The molecule has 0 spiro atoms. The van der Waals surface area contributed by atoms with E-state index in [0.29, 0.717) is 10.5 Å². The Morgan fingerprint density at radius 1 is 1.10 bits per heavy atom. The van der Waals surface area contributed by atoms with Crippen LogP contribution in [-0.2, 0) is 13.2 Å². The maximum atomic E-state index is 12.8. The lowest BCUT2D eigenvalue weighted by Gasteiger charge is -2.08. The molecule has 4 rings (SSSR count). The Bertz CT molecular complexity index is 1270. The van der Waals surface area contributed by atoms with E-state index in [4.69, 9.17) is 11.6 Å². The average molecular weight is 431 g/mol. The molecule has 0 unspecified atom stereocenters. The molecule has 0 radical (unpaired) electrons. The summed E-state index contributed by atoms with van der Waals surface area (Å²) in [5.74, 6) is -0.625. The second-order valence-electron chi connectivity index (χ2n) is 6.60. The first kappa shape index (κ1) is 19.9. The number of aromatic nitrogens is 3. The smallest absolute Gasteiger partial charge is 0.307 e. The number of hydrogen-bond donors (Lipinski definition) is 1. The van der Waals surface area contributed by atoms with Crippen LogP contribution in [0.15, 0.2) is 60.8 Å². The van der Waals surface area contributed by atoms with Gasteiger partial charge in [0.05, 0.1) is 5.52 Å². The molecule has 0 aliphatic carbocycles. The first-order chi connectivity index (χ1) is 14.2. The normalized spacial score (nSPS) is 11.6. The van der Waals surface area contributed by atoms with Crippen molar-refractivity contribution in [2.75, 3.05) is 5.32 Å². The van der Waals surface area contributed by atoms with Crippen molar-refractivity contribution in [3.05, 3.63) is 77.1 Å². The number of pyridine rings is 1. The average Bonchev–Trinajstić information content (AvgIpc) is 3.08. The van der Waals surface area contributed by atoms with E-state index in [2.05, 4.69) is 15.4 Å². The van der Waals surface area contributed by atoms with Crippen molar-refractivity contribution < 1.29 is 18.0 Å². The molecular weight excluding hydrogens is 417 g/mol. The maximum Gasteiger partial charge on any atom is 0.435 e. The Hall–Kier alpha value is -3.39. The minimum Gasteiger partial charge on any atom is -0.307 e. The second-order valence-corrected chi connectivity index (χ2v) is 7.01. The quantitative estimate of drug-likeness (QED) is 0.463. The third kappa shape index (κ3) is 3.86. The molecule has 1 N–H and O–H groups in total. The Morgan fingerprint density at radius 3 is 2.57 bits per heavy atom. The molecule has 2 heterocycles. The van der Waals surface area contributed by atoms with Gasteiger partial charge in [0.2, 0.25) is 0 Å². The molecule has 4 aromatic rings. The molecule has 0 bridgehead atoms. The molecule has 2 aromatic heterocycles. The zero-order valence-corrected chi connectivity index (χ0v) is 16.3. The van der Waals surface area contributed by atoms with Gasteiger partial charge in [-0.3, -0.25) is 14.5 Å². The Kier molecular flexibility index (Phi) is 4.95. The van der Waals surface area contributed by atoms with Gasteiger partial charge in [-0.2, -0.15) is 18.3 Å². The number of amides is 1. The number of halogens is 4. The first-order valence-corrected chi connectivity index (χ1v) is 9.17. The number of rotatable bonds is 3. The number of fused-ring (bicyclic) bond motifs is 1. The molecule has 0 saturated carbocycles. The van der Waals surface area contributed by atoms with Gasteiger partial charge in [-0.1, -0.05) is 35.9 Å². The number of nitrogens with zero attached hydrogens (tertiary/aromatic N) is 3. The molecule has 0 aliphatic heterocycles. The number of hydrogen-bond acceptors (Lipinski definition) is 3. The van der Waals surface area contributed by atoms with Gasteiger partial charge in [0.1, 0.15) is 5.82 Å². The molecule has 30 heavy (non-hydrogen) atoms. The number of aryl methyl sites for hydroxylation is 1. The van der Waals surface area contributed by atoms with Crippen LogP contribution in [0.2, 0.25) is 5.02 Å². The molecular formula is C21H14ClF3N4O. The molecule has 5 nitrogen and oxygen atoms in total. The fraction of sp³-hybridized carbons (Fsp3) is 0.0952. The summed E-state index contributed by atoms with van der Waals surface area (Å²) in [4.78, 5) is 16.9. The van der Waals surface area contributed by atoms with Gasteiger partial charge in [-0.05, 0) is 24.3 Å². The highest BCUT2D eigenvalue weighted by Gasteiger charge is 2.34. The third-order valence-corrected chi connectivity index (χ3v) is 4.87. The fourth-order valence-electron chi connectivity index (χ4n) is 3.02. The summed E-state index contributed by atoms with van der Waals surface area (Å²) in [6, 6.07) is 15.0. The van der Waals surface area contributed by atoms with E-state index in [1.165, 1.54) is 7.05 Å². The van der Waals surface area contributed by atoms with E-state index in [9.17, 15) is 18.0 Å². The van der Waals surface area contributed by atoms with Crippen LogP contribution in [0.4, 0.5) is 19.0 Å². The van der Waals surface area contributed by atoms with Crippen LogP contribution in [-0.4, -0.2) is 20.7 Å². The molecule has 2 aromatic carbocycles. The number of anilines is 1. The minimum absolute atomic E-state index is 0.0607. The topological polar surface area (TPSA) is 59.8 Å². The summed E-state index contributed by atoms with van der Waals surface area (Å²) in [7, 11) is 1.32. The SMILES string of the molecule is Cn1nc(C(F)(F)F)cc1NC(=O)c1ccc2cc(-c3ccccc3Cl)cnc2c1. The highest BCUT2D eigenvalue weighted by Crippen LogP contribution is 2.31. The minimum atomic E-state index is -4.59. The van der Waals surface area contributed by atoms with Gasteiger partial charge in [0.15, 0.2) is 5.69 Å². The predicted molar refractivity (Wildman–Crippen MR) is 108 cm³/mol. The second kappa shape index (κ2) is 7.46. The number of carbonyl (C=O) groups is 1. The zero-order valence-electron chi connectivity index (χ0n) is 15.5. The molecule has 9 heteroatoms. The Balaban J connectivity index is 1.61. The summed E-state index contributed by atoms with van der Waals surface area (Å²) in [5.41, 5.74) is 1.43. The lowest BCUT2D eigenvalue weighted by molar-refractivity contribution is -0.141. The van der Waals surface area contributed by atoms with Gasteiger partial charge < -0.3 is 5.32 Å². The van der Waals surface area contributed by atoms with Gasteiger partial charge in [0.25, 0.3) is 5.91 Å². The molecule has 0 aliphatic rings. The molecule has 0 atom stereocenters. The van der Waals surface area contributed by atoms with Crippen molar-refractivity contribution in [1.82, 2.24) is 14.8 Å². The summed E-state index contributed by atoms with van der Waals surface area (Å²) in [6.07, 6.45) is -2.94. The summed E-state index contributed by atoms with van der Waals surface area (Å²) >= 11 is 6.24. The van der Waals surface area contributed by atoms with E-state index >= 15 is 0 Å². The predicted octanol–water partition coefficient (Wildman–Crippen LogP) is 5.56. The lowest BCUT2D eigenvalue weighted by atomic mass is 10.0. The Morgan fingerprint density at radius 2 is 1.87 bits per heavy atom. The van der Waals surface area contributed by atoms with Gasteiger partial charge in [-0.25, -0.2) is 0 Å². The monoisotopic (exact) mass is 430 g/mol. The van der Waals surface area contributed by atoms with Crippen LogP contribution in [0.3, 0.4) is 0 Å². The van der Waals surface area contributed by atoms with Crippen molar-refractivity contribution in [1.29, 1.82) is 0 Å². The third-order valence-electron chi connectivity index (χ3n) is 4.54. The van der Waals surface area contributed by atoms with Gasteiger partial charge in [-0.15, -0.1) is 0 Å². The van der Waals surface area contributed by atoms with Crippen LogP contribution in [0, 0.1) is 0 Å². The van der Waals surface area contributed by atoms with E-state index in [1.807, 2.05) is 24.3 Å². The van der Waals surface area contributed by atoms with Crippen LogP contribution in [0.5, 0.6) is 0 Å². The van der Waals surface area contributed by atoms with E-state index in [-0.39, 0.29) is 11.4 Å². The molecule has 0 fully saturated rings. The maximum absolute atomic E-state index is 12.8. The molecule has 0 saturated heterocycles.